The van der Waals surface area contributed by atoms with Gasteiger partial charge >= 0.3 is 5.69 Å². The van der Waals surface area contributed by atoms with Crippen molar-refractivity contribution in [2.24, 2.45) is 5.90 Å². The largest absolute Gasteiger partial charge is 0.417 e. The number of rotatable bonds is 11. The zero-order valence-electron chi connectivity index (χ0n) is 17.3. The van der Waals surface area contributed by atoms with Crippen LogP contribution >= 0.6 is 11.8 Å². The van der Waals surface area contributed by atoms with Crippen LogP contribution in [-0.2, 0) is 17.8 Å². The number of allylic oxidation sites excluding steroid dienone is 2. The van der Waals surface area contributed by atoms with Gasteiger partial charge in [0.15, 0.2) is 0 Å². The van der Waals surface area contributed by atoms with Crippen LogP contribution in [0.4, 0.5) is 11.5 Å². The molecule has 0 fully saturated rings. The molecule has 0 saturated heterocycles. The maximum Gasteiger partial charge on any atom is 0.329 e. The monoisotopic (exact) mass is 418 g/mol. The molecular formula is C21H30N4O3S. The highest BCUT2D eigenvalue weighted by atomic mass is 32.2. The molecule has 0 atom stereocenters. The van der Waals surface area contributed by atoms with Gasteiger partial charge in [-0.3, -0.25) is 14.3 Å². The highest BCUT2D eigenvalue weighted by Crippen LogP contribution is 2.18. The standard InChI is InChI=1S/C21H30N4O3S/c1-4-17-13-18(9-8-15(17)2)23-19-14-20(26)25(21(27)24-19)10-6-12-29-11-5-7-16(3)28-22/h7-9,13-14,23H,4-6,10-12,22H2,1-3H3,(H,24,27)/b16-7-. The molecule has 158 valence electrons. The Labute approximate surface area is 175 Å². The summed E-state index contributed by atoms with van der Waals surface area (Å²) in [5.41, 5.74) is 2.60. The molecule has 4 N–H and O–H groups in total. The number of aromatic nitrogens is 2. The van der Waals surface area contributed by atoms with E-state index in [4.69, 9.17) is 5.90 Å². The lowest BCUT2D eigenvalue weighted by Gasteiger charge is -2.11. The first-order chi connectivity index (χ1) is 13.9. The van der Waals surface area contributed by atoms with Crippen LogP contribution in [0.15, 0.2) is 45.7 Å². The van der Waals surface area contributed by atoms with E-state index >= 15 is 0 Å². The van der Waals surface area contributed by atoms with Crippen molar-refractivity contribution in [1.82, 2.24) is 9.55 Å². The van der Waals surface area contributed by atoms with Gasteiger partial charge in [-0.25, -0.2) is 4.79 Å². The Morgan fingerprint density at radius 1 is 1.31 bits per heavy atom. The van der Waals surface area contributed by atoms with Gasteiger partial charge in [-0.05, 0) is 74.0 Å². The molecule has 1 aromatic carbocycles. The lowest BCUT2D eigenvalue weighted by atomic mass is 10.1. The minimum atomic E-state index is -0.397. The van der Waals surface area contributed by atoms with Crippen molar-refractivity contribution >= 4 is 23.3 Å². The molecule has 0 aliphatic heterocycles. The summed E-state index contributed by atoms with van der Waals surface area (Å²) < 4.78 is 1.24. The number of nitrogens with one attached hydrogen (secondary N) is 2. The second-order valence-electron chi connectivity index (χ2n) is 6.79. The topological polar surface area (TPSA) is 102 Å². The average molecular weight is 419 g/mol. The van der Waals surface area contributed by atoms with Crippen molar-refractivity contribution in [2.75, 3.05) is 16.8 Å². The van der Waals surface area contributed by atoms with E-state index < -0.39 is 5.69 Å². The predicted molar refractivity (Wildman–Crippen MR) is 121 cm³/mol. The van der Waals surface area contributed by atoms with Crippen LogP contribution in [-0.4, -0.2) is 21.1 Å². The zero-order valence-corrected chi connectivity index (χ0v) is 18.1. The Hall–Kier alpha value is -2.45. The summed E-state index contributed by atoms with van der Waals surface area (Å²) in [5.74, 6) is 7.96. The van der Waals surface area contributed by atoms with E-state index in [2.05, 4.69) is 29.0 Å². The minimum absolute atomic E-state index is 0.303. The number of thioether (sulfide) groups is 1. The van der Waals surface area contributed by atoms with Crippen molar-refractivity contribution < 1.29 is 4.84 Å². The van der Waals surface area contributed by atoms with Crippen molar-refractivity contribution in [1.29, 1.82) is 0 Å². The van der Waals surface area contributed by atoms with E-state index in [-0.39, 0.29) is 5.56 Å². The van der Waals surface area contributed by atoms with Crippen LogP contribution in [0.5, 0.6) is 0 Å². The van der Waals surface area contributed by atoms with E-state index in [1.807, 2.05) is 31.2 Å². The van der Waals surface area contributed by atoms with Gasteiger partial charge in [0.25, 0.3) is 5.56 Å². The Morgan fingerprint density at radius 2 is 2.10 bits per heavy atom. The summed E-state index contributed by atoms with van der Waals surface area (Å²) in [5, 5.41) is 3.12. The molecule has 0 spiro atoms. The van der Waals surface area contributed by atoms with Crippen LogP contribution in [0.3, 0.4) is 0 Å². The van der Waals surface area contributed by atoms with Gasteiger partial charge in [0, 0.05) is 18.3 Å². The van der Waals surface area contributed by atoms with Crippen molar-refractivity contribution in [3.8, 4) is 0 Å². The fourth-order valence-corrected chi connectivity index (χ4v) is 3.73. The van der Waals surface area contributed by atoms with E-state index in [0.717, 1.165) is 36.5 Å². The van der Waals surface area contributed by atoms with Gasteiger partial charge in [-0.15, -0.1) is 0 Å². The van der Waals surface area contributed by atoms with Crippen molar-refractivity contribution in [2.45, 2.75) is 46.6 Å². The molecule has 0 aliphatic carbocycles. The molecule has 0 amide bonds. The number of anilines is 2. The van der Waals surface area contributed by atoms with E-state index in [9.17, 15) is 9.59 Å². The van der Waals surface area contributed by atoms with Gasteiger partial charge < -0.3 is 10.2 Å². The Balaban J connectivity index is 1.91. The first-order valence-electron chi connectivity index (χ1n) is 9.76. The summed E-state index contributed by atoms with van der Waals surface area (Å²) in [6.07, 6.45) is 4.47. The number of nitrogens with two attached hydrogens (primary N) is 1. The number of aryl methyl sites for hydroxylation is 2. The van der Waals surface area contributed by atoms with Gasteiger partial charge in [0.05, 0.1) is 0 Å². The van der Waals surface area contributed by atoms with Crippen LogP contribution in [0.1, 0.15) is 37.8 Å². The third-order valence-electron chi connectivity index (χ3n) is 4.58. The SMILES string of the molecule is CCc1cc(Nc2cc(=O)n(CCCSCC/C=C(/C)ON)c(=O)[nH]2)ccc1C. The van der Waals surface area contributed by atoms with Gasteiger partial charge in [0.2, 0.25) is 0 Å². The van der Waals surface area contributed by atoms with Crippen LogP contribution in [0, 0.1) is 6.92 Å². The Morgan fingerprint density at radius 3 is 2.79 bits per heavy atom. The van der Waals surface area contributed by atoms with Gasteiger partial charge in [0.1, 0.15) is 11.6 Å². The lowest BCUT2D eigenvalue weighted by Crippen LogP contribution is -2.35. The smallest absolute Gasteiger partial charge is 0.329 e. The molecule has 29 heavy (non-hydrogen) atoms. The molecule has 0 bridgehead atoms. The first kappa shape index (κ1) is 22.8. The summed E-state index contributed by atoms with van der Waals surface area (Å²) in [4.78, 5) is 32.0. The first-order valence-corrected chi connectivity index (χ1v) is 10.9. The number of H-pyrrole nitrogens is 1. The molecule has 0 radical (unpaired) electrons. The van der Waals surface area contributed by atoms with E-state index in [1.165, 1.54) is 21.8 Å². The second kappa shape index (κ2) is 11.5. The Kier molecular flexibility index (Phi) is 9.08. The molecule has 0 aliphatic rings. The lowest BCUT2D eigenvalue weighted by molar-refractivity contribution is 0.221. The van der Waals surface area contributed by atoms with Crippen LogP contribution in [0.2, 0.25) is 0 Å². The summed E-state index contributed by atoms with van der Waals surface area (Å²) in [6.45, 7) is 6.37. The summed E-state index contributed by atoms with van der Waals surface area (Å²) in [7, 11) is 0. The molecule has 0 unspecified atom stereocenters. The number of hydrogen-bond acceptors (Lipinski definition) is 6. The third kappa shape index (κ3) is 7.14. The van der Waals surface area contributed by atoms with E-state index in [0.29, 0.717) is 18.1 Å². The van der Waals surface area contributed by atoms with Crippen molar-refractivity contribution in [3.05, 3.63) is 68.1 Å². The van der Waals surface area contributed by atoms with Crippen LogP contribution in [0.25, 0.3) is 0 Å². The third-order valence-corrected chi connectivity index (χ3v) is 5.68. The average Bonchev–Trinajstić information content (AvgIpc) is 2.70. The second-order valence-corrected chi connectivity index (χ2v) is 8.01. The van der Waals surface area contributed by atoms with Crippen LogP contribution < -0.4 is 22.5 Å². The fourth-order valence-electron chi connectivity index (χ4n) is 2.91. The molecule has 2 rings (SSSR count). The number of aromatic amines is 1. The quantitative estimate of drug-likeness (QED) is 0.293. The molecule has 2 aromatic rings. The Bertz CT molecular complexity index is 918. The summed E-state index contributed by atoms with van der Waals surface area (Å²) in [6, 6.07) is 7.43. The highest BCUT2D eigenvalue weighted by Gasteiger charge is 2.06. The van der Waals surface area contributed by atoms with Crippen molar-refractivity contribution in [3.63, 3.8) is 0 Å². The predicted octanol–water partition coefficient (Wildman–Crippen LogP) is 3.46. The molecule has 0 saturated carbocycles. The van der Waals surface area contributed by atoms with Gasteiger partial charge in [-0.2, -0.15) is 17.7 Å². The highest BCUT2D eigenvalue weighted by molar-refractivity contribution is 7.99. The number of nitrogens with zero attached hydrogens (tertiary/aromatic N) is 1. The molecule has 1 aromatic heterocycles. The fraction of sp³-hybridized carbons (Fsp3) is 0.429. The maximum absolute atomic E-state index is 12.4. The van der Waals surface area contributed by atoms with E-state index in [1.54, 1.807) is 11.8 Å². The normalized spacial score (nSPS) is 11.5. The number of hydrogen-bond donors (Lipinski definition) is 3. The summed E-state index contributed by atoms with van der Waals surface area (Å²) >= 11 is 1.77. The molecule has 7 nitrogen and oxygen atoms in total. The zero-order chi connectivity index (χ0) is 21.2. The molecule has 1 heterocycles. The molecule has 8 heteroatoms. The number of benzene rings is 1. The minimum Gasteiger partial charge on any atom is -0.417 e. The van der Waals surface area contributed by atoms with Gasteiger partial charge in [-0.1, -0.05) is 13.0 Å². The molecular weight excluding hydrogens is 388 g/mol. The maximum atomic E-state index is 12.4.